The lowest BCUT2D eigenvalue weighted by atomic mass is 9.83. The topological polar surface area (TPSA) is 69.7 Å². The van der Waals surface area contributed by atoms with Gasteiger partial charge in [-0.05, 0) is 54.7 Å². The maximum Gasteiger partial charge on any atom is 0.247 e. The molecule has 0 aliphatic heterocycles. The average molecular weight is 370 g/mol. The van der Waals surface area contributed by atoms with Gasteiger partial charge in [-0.15, -0.1) is 0 Å². The van der Waals surface area contributed by atoms with Crippen molar-refractivity contribution in [2.75, 3.05) is 7.11 Å². The first-order valence-corrected chi connectivity index (χ1v) is 9.37. The van der Waals surface area contributed by atoms with Gasteiger partial charge >= 0.3 is 0 Å². The number of pyridine rings is 1. The number of carbonyl (C=O) groups excluding carboxylic acids is 1. The zero-order chi connectivity index (χ0) is 19.1. The van der Waals surface area contributed by atoms with Gasteiger partial charge in [0.25, 0.3) is 0 Å². The van der Waals surface area contributed by atoms with Crippen molar-refractivity contribution in [1.82, 2.24) is 10.5 Å². The molecule has 1 aliphatic rings. The minimum Gasteiger partial charge on any atom is -0.457 e. The summed E-state index contributed by atoms with van der Waals surface area (Å²) in [6, 6.07) is 9.70. The van der Waals surface area contributed by atoms with E-state index in [1.54, 1.807) is 19.5 Å². The van der Waals surface area contributed by atoms with E-state index < -0.39 is 6.29 Å². The van der Waals surface area contributed by atoms with E-state index in [0.29, 0.717) is 6.42 Å². The molecule has 3 rings (SSSR count). The number of hydroxylamine groups is 1. The molecule has 0 fully saturated rings. The SMILES string of the molecule is CCCC(OC)ONC(=O)C1CCc2ccc(Oc3ccncc3)cc2C1. The minimum atomic E-state index is -0.407. The quantitative estimate of drug-likeness (QED) is 0.565. The van der Waals surface area contributed by atoms with Crippen LogP contribution in [0.15, 0.2) is 42.7 Å². The van der Waals surface area contributed by atoms with Crippen molar-refractivity contribution in [3.63, 3.8) is 0 Å². The lowest BCUT2D eigenvalue weighted by Gasteiger charge is -2.25. The number of methoxy groups -OCH3 is 1. The molecule has 6 nitrogen and oxygen atoms in total. The second-order valence-electron chi connectivity index (χ2n) is 6.69. The third kappa shape index (κ3) is 5.28. The van der Waals surface area contributed by atoms with Gasteiger partial charge in [0.1, 0.15) is 11.5 Å². The summed E-state index contributed by atoms with van der Waals surface area (Å²) in [5, 5.41) is 0. The highest BCUT2D eigenvalue weighted by atomic mass is 16.8. The van der Waals surface area contributed by atoms with Crippen molar-refractivity contribution in [3.05, 3.63) is 53.9 Å². The molecule has 144 valence electrons. The molecule has 27 heavy (non-hydrogen) atoms. The molecule has 2 atom stereocenters. The van der Waals surface area contributed by atoms with Crippen molar-refractivity contribution in [3.8, 4) is 11.5 Å². The third-order valence-electron chi connectivity index (χ3n) is 4.74. The van der Waals surface area contributed by atoms with Gasteiger partial charge in [-0.2, -0.15) is 0 Å². The molecular formula is C21H26N2O4. The van der Waals surface area contributed by atoms with Crippen LogP contribution in [-0.4, -0.2) is 24.3 Å². The first-order chi connectivity index (χ1) is 13.2. The molecule has 0 saturated heterocycles. The highest BCUT2D eigenvalue weighted by Gasteiger charge is 2.26. The maximum absolute atomic E-state index is 12.5. The van der Waals surface area contributed by atoms with Gasteiger partial charge in [-0.25, -0.2) is 10.3 Å². The lowest BCUT2D eigenvalue weighted by Crippen LogP contribution is -2.37. The Labute approximate surface area is 159 Å². The van der Waals surface area contributed by atoms with Crippen LogP contribution in [0, 0.1) is 5.92 Å². The van der Waals surface area contributed by atoms with Crippen LogP contribution in [0.4, 0.5) is 0 Å². The van der Waals surface area contributed by atoms with E-state index in [0.717, 1.165) is 42.7 Å². The molecule has 0 bridgehead atoms. The summed E-state index contributed by atoms with van der Waals surface area (Å²) >= 11 is 0. The zero-order valence-electron chi connectivity index (χ0n) is 15.8. The molecule has 2 unspecified atom stereocenters. The number of benzene rings is 1. The molecule has 1 heterocycles. The Bertz CT molecular complexity index is 751. The van der Waals surface area contributed by atoms with E-state index in [-0.39, 0.29) is 11.8 Å². The number of ether oxygens (including phenoxy) is 2. The van der Waals surface area contributed by atoms with E-state index in [2.05, 4.69) is 16.5 Å². The Balaban J connectivity index is 1.61. The van der Waals surface area contributed by atoms with Crippen LogP contribution in [-0.2, 0) is 27.2 Å². The van der Waals surface area contributed by atoms with Gasteiger partial charge in [0.15, 0.2) is 6.29 Å². The molecule has 1 aromatic heterocycles. The summed E-state index contributed by atoms with van der Waals surface area (Å²) in [6.45, 7) is 2.04. The van der Waals surface area contributed by atoms with Crippen LogP contribution >= 0.6 is 0 Å². The summed E-state index contributed by atoms with van der Waals surface area (Å²) < 4.78 is 11.1. The molecule has 1 aromatic carbocycles. The van der Waals surface area contributed by atoms with Gasteiger partial charge in [0.05, 0.1) is 0 Å². The second kappa shape index (κ2) is 9.48. The monoisotopic (exact) mass is 370 g/mol. The molecule has 0 radical (unpaired) electrons. The largest absolute Gasteiger partial charge is 0.457 e. The molecule has 1 aliphatic carbocycles. The van der Waals surface area contributed by atoms with E-state index in [9.17, 15) is 4.79 Å². The van der Waals surface area contributed by atoms with E-state index in [1.165, 1.54) is 5.56 Å². The first-order valence-electron chi connectivity index (χ1n) is 9.37. The number of amides is 1. The van der Waals surface area contributed by atoms with Crippen LogP contribution in [0.1, 0.15) is 37.3 Å². The van der Waals surface area contributed by atoms with Gasteiger partial charge < -0.3 is 9.47 Å². The van der Waals surface area contributed by atoms with Crippen LogP contribution in [0.5, 0.6) is 11.5 Å². The number of carbonyl (C=O) groups is 1. The zero-order valence-corrected chi connectivity index (χ0v) is 15.8. The fourth-order valence-corrected chi connectivity index (χ4v) is 3.23. The number of nitrogens with zero attached hydrogens (tertiary/aromatic N) is 1. The first kappa shape index (κ1) is 19.3. The Kier molecular flexibility index (Phi) is 6.79. The predicted octanol–water partition coefficient (Wildman–Crippen LogP) is 3.80. The van der Waals surface area contributed by atoms with Crippen LogP contribution in [0.2, 0.25) is 0 Å². The maximum atomic E-state index is 12.5. The van der Waals surface area contributed by atoms with Crippen molar-refractivity contribution in [2.24, 2.45) is 5.92 Å². The number of fused-ring (bicyclic) bond motifs is 1. The summed E-state index contributed by atoms with van der Waals surface area (Å²) in [4.78, 5) is 21.9. The third-order valence-corrected chi connectivity index (χ3v) is 4.74. The standard InChI is InChI=1S/C21H26N2O4/c1-3-4-20(25-2)27-23-21(24)16-6-5-15-7-8-19(14-17(15)13-16)26-18-9-11-22-12-10-18/h7-12,14,16,20H,3-6,13H2,1-2H3,(H,23,24). The van der Waals surface area contributed by atoms with Gasteiger partial charge in [-0.3, -0.25) is 9.78 Å². The minimum absolute atomic E-state index is 0.0979. The Morgan fingerprint density at radius 1 is 1.22 bits per heavy atom. The fraction of sp³-hybridized carbons (Fsp3) is 0.429. The van der Waals surface area contributed by atoms with Gasteiger partial charge in [0, 0.05) is 31.8 Å². The van der Waals surface area contributed by atoms with Crippen molar-refractivity contribution >= 4 is 5.91 Å². The summed E-state index contributed by atoms with van der Waals surface area (Å²) in [5.41, 5.74) is 4.98. The summed E-state index contributed by atoms with van der Waals surface area (Å²) in [7, 11) is 1.58. The normalized spacial score (nSPS) is 17.0. The van der Waals surface area contributed by atoms with E-state index in [1.807, 2.05) is 31.2 Å². The number of aromatic nitrogens is 1. The van der Waals surface area contributed by atoms with E-state index >= 15 is 0 Å². The smallest absolute Gasteiger partial charge is 0.247 e. The van der Waals surface area contributed by atoms with Gasteiger partial charge in [-0.1, -0.05) is 19.4 Å². The molecule has 0 saturated carbocycles. The van der Waals surface area contributed by atoms with Crippen molar-refractivity contribution in [2.45, 2.75) is 45.3 Å². The van der Waals surface area contributed by atoms with Crippen molar-refractivity contribution in [1.29, 1.82) is 0 Å². The van der Waals surface area contributed by atoms with Crippen molar-refractivity contribution < 1.29 is 19.1 Å². The van der Waals surface area contributed by atoms with Crippen LogP contribution < -0.4 is 10.2 Å². The molecule has 1 amide bonds. The number of hydrogen-bond acceptors (Lipinski definition) is 5. The molecular weight excluding hydrogens is 344 g/mol. The number of rotatable bonds is 8. The number of aryl methyl sites for hydroxylation is 1. The number of hydrogen-bond donors (Lipinski definition) is 1. The fourth-order valence-electron chi connectivity index (χ4n) is 3.23. The average Bonchev–Trinajstić information content (AvgIpc) is 2.71. The predicted molar refractivity (Wildman–Crippen MR) is 101 cm³/mol. The van der Waals surface area contributed by atoms with Crippen LogP contribution in [0.25, 0.3) is 0 Å². The molecule has 2 aromatic rings. The second-order valence-corrected chi connectivity index (χ2v) is 6.69. The molecule has 0 spiro atoms. The highest BCUT2D eigenvalue weighted by molar-refractivity contribution is 5.78. The highest BCUT2D eigenvalue weighted by Crippen LogP contribution is 2.30. The summed E-state index contributed by atoms with van der Waals surface area (Å²) in [5.74, 6) is 1.29. The Morgan fingerprint density at radius 2 is 2.04 bits per heavy atom. The molecule has 6 heteroatoms. The Morgan fingerprint density at radius 3 is 2.78 bits per heavy atom. The van der Waals surface area contributed by atoms with Crippen LogP contribution in [0.3, 0.4) is 0 Å². The van der Waals surface area contributed by atoms with Gasteiger partial charge in [0.2, 0.25) is 5.91 Å². The summed E-state index contributed by atoms with van der Waals surface area (Å²) in [6.07, 6.45) is 6.98. The number of nitrogens with one attached hydrogen (secondary N) is 1. The van der Waals surface area contributed by atoms with E-state index in [4.69, 9.17) is 14.3 Å². The molecule has 1 N–H and O–H groups in total. The Hall–Kier alpha value is -2.44. The lowest BCUT2D eigenvalue weighted by molar-refractivity contribution is -0.182.